The lowest BCUT2D eigenvalue weighted by Gasteiger charge is -2.60. The number of benzene rings is 1. The zero-order chi connectivity index (χ0) is 19.6. The molecule has 0 N–H and O–H groups in total. The molecule has 2 aromatic heterocycles. The molecule has 6 heteroatoms. The first kappa shape index (κ1) is 22.9. The van der Waals surface area contributed by atoms with Crippen LogP contribution in [-0.4, -0.2) is 31.4 Å². The quantitative estimate of drug-likeness (QED) is 0.427. The molecular weight excluding hydrogens is 427 g/mol. The van der Waals surface area contributed by atoms with E-state index in [9.17, 15) is 0 Å². The lowest BCUT2D eigenvalue weighted by molar-refractivity contribution is -0.0825. The molecule has 4 nitrogen and oxygen atoms in total. The normalized spacial score (nSPS) is 28.9. The van der Waals surface area contributed by atoms with Crippen LogP contribution >= 0.6 is 24.8 Å². The Morgan fingerprint density at radius 3 is 2.23 bits per heavy atom. The van der Waals surface area contributed by atoms with E-state index in [1.54, 1.807) is 0 Å². The Morgan fingerprint density at radius 1 is 1.00 bits per heavy atom. The zero-order valence-electron chi connectivity index (χ0n) is 18.8. The minimum Gasteiger partial charge on any atom is -0.310 e. The second-order valence-electron chi connectivity index (χ2n) is 10.4. The molecule has 4 aliphatic rings. The Labute approximate surface area is 198 Å². The zero-order valence-corrected chi connectivity index (χ0v) is 20.4. The molecule has 0 radical (unpaired) electrons. The smallest absolute Gasteiger partial charge is 0.215 e. The summed E-state index contributed by atoms with van der Waals surface area (Å²) < 4.78 is 4.75. The topological polar surface area (TPSA) is 25.5 Å². The van der Waals surface area contributed by atoms with Crippen molar-refractivity contribution in [2.45, 2.75) is 76.9 Å². The largest absolute Gasteiger partial charge is 0.310 e. The Balaban J connectivity index is 0.00000116. The van der Waals surface area contributed by atoms with Gasteiger partial charge in [0.2, 0.25) is 5.78 Å². The highest BCUT2D eigenvalue weighted by Gasteiger charge is 2.52. The first-order chi connectivity index (χ1) is 14.1. The van der Waals surface area contributed by atoms with Crippen LogP contribution < -0.4 is 0 Å². The Kier molecular flexibility index (Phi) is 6.37. The van der Waals surface area contributed by atoms with Gasteiger partial charge in [0, 0.05) is 24.8 Å². The van der Waals surface area contributed by atoms with E-state index in [4.69, 9.17) is 4.98 Å². The van der Waals surface area contributed by atoms with Crippen LogP contribution in [0.15, 0.2) is 30.5 Å². The summed E-state index contributed by atoms with van der Waals surface area (Å²) in [4.78, 5) is 7.85. The highest BCUT2D eigenvalue weighted by Crippen LogP contribution is 2.57. The number of para-hydroxylation sites is 2. The minimum atomic E-state index is 0. The molecule has 1 aromatic carbocycles. The van der Waals surface area contributed by atoms with Crippen molar-refractivity contribution in [3.05, 3.63) is 36.2 Å². The molecule has 0 unspecified atom stereocenters. The van der Waals surface area contributed by atoms with Crippen LogP contribution in [0.3, 0.4) is 0 Å². The fourth-order valence-electron chi connectivity index (χ4n) is 7.35. The van der Waals surface area contributed by atoms with Gasteiger partial charge in [-0.15, -0.1) is 24.8 Å². The van der Waals surface area contributed by atoms with Gasteiger partial charge in [-0.2, -0.15) is 0 Å². The van der Waals surface area contributed by atoms with Gasteiger partial charge in [0.05, 0.1) is 16.7 Å². The molecule has 170 valence electrons. The van der Waals surface area contributed by atoms with E-state index in [1.165, 1.54) is 68.1 Å². The number of fused-ring (bicyclic) bond motifs is 3. The van der Waals surface area contributed by atoms with Gasteiger partial charge >= 0.3 is 0 Å². The molecular formula is C25H36Cl2N4. The molecule has 4 fully saturated rings. The van der Waals surface area contributed by atoms with Crippen molar-refractivity contribution in [2.24, 2.45) is 17.8 Å². The van der Waals surface area contributed by atoms with Crippen LogP contribution in [0, 0.1) is 17.8 Å². The van der Waals surface area contributed by atoms with E-state index < -0.39 is 0 Å². The first-order valence-electron chi connectivity index (χ1n) is 11.8. The van der Waals surface area contributed by atoms with Gasteiger partial charge in [0.1, 0.15) is 0 Å². The molecule has 4 bridgehead atoms. The summed E-state index contributed by atoms with van der Waals surface area (Å²) in [6, 6.07) is 8.76. The Bertz CT molecular complexity index is 1020. The van der Waals surface area contributed by atoms with Crippen molar-refractivity contribution in [1.29, 1.82) is 0 Å². The van der Waals surface area contributed by atoms with Gasteiger partial charge in [-0.05, 0) is 81.9 Å². The highest BCUT2D eigenvalue weighted by molar-refractivity contribution is 5.85. The molecule has 0 spiro atoms. The van der Waals surface area contributed by atoms with Gasteiger partial charge in [-0.25, -0.2) is 4.98 Å². The maximum Gasteiger partial charge on any atom is 0.215 e. The van der Waals surface area contributed by atoms with Crippen LogP contribution in [0.4, 0.5) is 0 Å². The summed E-state index contributed by atoms with van der Waals surface area (Å²) in [5.74, 6) is 4.10. The van der Waals surface area contributed by atoms with Crippen molar-refractivity contribution in [1.82, 2.24) is 18.9 Å². The second-order valence-corrected chi connectivity index (χ2v) is 10.4. The number of imidazole rings is 2. The summed E-state index contributed by atoms with van der Waals surface area (Å²) in [6.07, 6.45) is 13.5. The third-order valence-electron chi connectivity index (χ3n) is 8.36. The van der Waals surface area contributed by atoms with Crippen LogP contribution in [0.25, 0.3) is 16.8 Å². The van der Waals surface area contributed by atoms with Crippen molar-refractivity contribution >= 4 is 41.6 Å². The number of hydrogen-bond acceptors (Lipinski definition) is 2. The Hall–Kier alpha value is -1.23. The molecule has 2 heterocycles. The fourth-order valence-corrected chi connectivity index (χ4v) is 7.35. The molecule has 4 aliphatic carbocycles. The van der Waals surface area contributed by atoms with Crippen molar-refractivity contribution in [3.63, 3.8) is 0 Å². The average molecular weight is 463 g/mol. The molecule has 0 atom stereocenters. The first-order valence-corrected chi connectivity index (χ1v) is 11.8. The summed E-state index contributed by atoms with van der Waals surface area (Å²) in [5, 5.41) is 0. The molecule has 3 aromatic rings. The Morgan fingerprint density at radius 2 is 1.61 bits per heavy atom. The third kappa shape index (κ3) is 3.69. The van der Waals surface area contributed by atoms with Gasteiger partial charge in [0.15, 0.2) is 0 Å². The van der Waals surface area contributed by atoms with Gasteiger partial charge in [-0.1, -0.05) is 25.5 Å². The number of rotatable bonds is 6. The number of aryl methyl sites for hydroxylation is 1. The number of aromatic nitrogens is 3. The molecule has 4 saturated carbocycles. The molecule has 31 heavy (non-hydrogen) atoms. The van der Waals surface area contributed by atoms with E-state index in [0.29, 0.717) is 5.54 Å². The molecule has 0 amide bonds. The van der Waals surface area contributed by atoms with Gasteiger partial charge in [-0.3, -0.25) is 9.30 Å². The van der Waals surface area contributed by atoms with E-state index in [1.807, 2.05) is 0 Å². The van der Waals surface area contributed by atoms with Gasteiger partial charge < -0.3 is 4.57 Å². The number of hydrogen-bond donors (Lipinski definition) is 0. The maximum absolute atomic E-state index is 5.15. The number of nitrogens with zero attached hydrogens (tertiary/aromatic N) is 4. The molecule has 0 aliphatic heterocycles. The van der Waals surface area contributed by atoms with Crippen molar-refractivity contribution < 1.29 is 0 Å². The summed E-state index contributed by atoms with van der Waals surface area (Å²) in [5.41, 5.74) is 4.27. The highest BCUT2D eigenvalue weighted by atomic mass is 35.5. The summed E-state index contributed by atoms with van der Waals surface area (Å²) >= 11 is 0. The molecule has 0 saturated heterocycles. The van der Waals surface area contributed by atoms with Crippen molar-refractivity contribution in [3.8, 4) is 0 Å². The van der Waals surface area contributed by atoms with Gasteiger partial charge in [0.25, 0.3) is 0 Å². The number of unbranched alkanes of at least 4 members (excludes halogenated alkanes) is 1. The predicted molar refractivity (Wildman–Crippen MR) is 132 cm³/mol. The lowest BCUT2D eigenvalue weighted by Crippen LogP contribution is -2.58. The van der Waals surface area contributed by atoms with E-state index >= 15 is 0 Å². The van der Waals surface area contributed by atoms with Crippen molar-refractivity contribution in [2.75, 3.05) is 7.05 Å². The average Bonchev–Trinajstić information content (AvgIpc) is 3.22. The summed E-state index contributed by atoms with van der Waals surface area (Å²) in [6.45, 7) is 4.30. The fraction of sp³-hybridized carbons (Fsp3) is 0.640. The van der Waals surface area contributed by atoms with E-state index in [2.05, 4.69) is 58.3 Å². The molecule has 7 rings (SSSR count). The maximum atomic E-state index is 5.15. The van der Waals surface area contributed by atoms with E-state index in [0.717, 1.165) is 36.6 Å². The monoisotopic (exact) mass is 462 g/mol. The standard InChI is InChI=1S/C25H34N4.2ClH/c1-3-4-9-28-22-7-5-6-8-23(22)29-17-21(26-24(28)29)16-27(2)25-13-18-10-19(14-25)12-20(11-18)15-25;;/h5-8,17-20H,3-4,9-16H2,1-2H3;2*1H. The van der Waals surface area contributed by atoms with E-state index in [-0.39, 0.29) is 24.8 Å². The van der Waals surface area contributed by atoms with Crippen LogP contribution in [0.5, 0.6) is 0 Å². The second kappa shape index (κ2) is 8.61. The SMILES string of the molecule is CCCCn1c2ccccc2n2cc(CN(C)C34CC5CC(CC(C5)C3)C4)nc12.Cl.Cl. The van der Waals surface area contributed by atoms with Crippen LogP contribution in [0.2, 0.25) is 0 Å². The number of halogens is 2. The summed E-state index contributed by atoms with van der Waals surface area (Å²) in [7, 11) is 2.38. The van der Waals surface area contributed by atoms with Crippen LogP contribution in [0.1, 0.15) is 64.0 Å². The minimum absolute atomic E-state index is 0. The third-order valence-corrected chi connectivity index (χ3v) is 8.36. The predicted octanol–water partition coefficient (Wildman–Crippen LogP) is 6.33. The van der Waals surface area contributed by atoms with Crippen LogP contribution in [-0.2, 0) is 13.1 Å². The lowest BCUT2D eigenvalue weighted by atomic mass is 9.52.